The summed E-state index contributed by atoms with van der Waals surface area (Å²) in [6.45, 7) is 0. The van der Waals surface area contributed by atoms with Gasteiger partial charge < -0.3 is 18.7 Å². The molecule has 0 radical (unpaired) electrons. The van der Waals surface area contributed by atoms with Crippen molar-refractivity contribution in [3.63, 3.8) is 0 Å². The Labute approximate surface area is 133 Å². The number of carbonyl (C=O) groups excluding carboxylic acids is 1. The fourth-order valence-corrected chi connectivity index (χ4v) is 2.19. The van der Waals surface area contributed by atoms with Crippen LogP contribution >= 0.6 is 20.8 Å². The molecule has 0 N–H and O–H groups in total. The van der Waals surface area contributed by atoms with E-state index in [0.29, 0.717) is 28.5 Å². The number of unbranched alkanes of at least 4 members (excludes halogenated alkanes) is 1. The van der Waals surface area contributed by atoms with E-state index < -0.39 is 0 Å². The Bertz CT molecular complexity index is 427. The van der Waals surface area contributed by atoms with Gasteiger partial charge in [0.25, 0.3) is 0 Å². The van der Waals surface area contributed by atoms with E-state index >= 15 is 0 Å². The fourth-order valence-electron chi connectivity index (χ4n) is 1.71. The van der Waals surface area contributed by atoms with Crippen LogP contribution in [-0.4, -0.2) is 26.2 Å². The number of hydrogen-bond donors (Lipinski definition) is 0. The summed E-state index contributed by atoms with van der Waals surface area (Å²) in [7, 11) is 6.41. The van der Waals surface area contributed by atoms with Crippen LogP contribution in [0.3, 0.4) is 0 Å². The Balaban J connectivity index is 0.00000324. The molecule has 1 aromatic rings. The third-order valence-electron chi connectivity index (χ3n) is 2.60. The minimum atomic E-state index is -0.00804. The van der Waals surface area contributed by atoms with Gasteiger partial charge in [0.15, 0.2) is 11.5 Å². The molecule has 0 aromatic heterocycles. The van der Waals surface area contributed by atoms with E-state index in [9.17, 15) is 4.79 Å². The molecule has 0 heterocycles. The third kappa shape index (κ3) is 5.01. The molecule has 1 rings (SSSR count). The van der Waals surface area contributed by atoms with Crippen molar-refractivity contribution in [2.75, 3.05) is 20.4 Å². The van der Waals surface area contributed by atoms with Gasteiger partial charge in [-0.3, -0.25) is 4.79 Å². The summed E-state index contributed by atoms with van der Waals surface area (Å²) in [5.74, 6) is 0.880. The van der Waals surface area contributed by atoms with Gasteiger partial charge in [0, 0.05) is 6.42 Å². The molecule has 0 bridgehead atoms. The van der Waals surface area contributed by atoms with E-state index in [2.05, 4.69) is 9.24 Å². The van der Waals surface area contributed by atoms with Crippen molar-refractivity contribution >= 4 is 26.6 Å². The monoisotopic (exact) mass is 294 g/mol. The van der Waals surface area contributed by atoms with Gasteiger partial charge in [0.1, 0.15) is 11.3 Å². The average molecular weight is 295 g/mol. The number of methoxy groups -OCH3 is 2. The summed E-state index contributed by atoms with van der Waals surface area (Å²) >= 11 is 6.02. The molecule has 0 aliphatic rings. The molecule has 0 aliphatic carbocycles. The first-order valence-corrected chi connectivity index (χ1v) is 6.82. The maximum atomic E-state index is 12.2. The SMILES string of the molecule is COc1ccc(Cl)c(OC)c1C(=O)CCCC[PH-].[Li+]. The Morgan fingerprint density at radius 1 is 1.26 bits per heavy atom. The first-order valence-electron chi connectivity index (χ1n) is 5.74. The number of Topliss-reactive ketones (excluding diaryl/α,β-unsaturated/α-hetero) is 1. The summed E-state index contributed by atoms with van der Waals surface area (Å²) in [6.07, 6.45) is 3.11. The van der Waals surface area contributed by atoms with Crippen molar-refractivity contribution in [2.24, 2.45) is 0 Å². The van der Waals surface area contributed by atoms with Crippen LogP contribution in [0.25, 0.3) is 0 Å². The molecule has 0 aliphatic heterocycles. The second kappa shape index (κ2) is 9.67. The Morgan fingerprint density at radius 3 is 2.47 bits per heavy atom. The van der Waals surface area contributed by atoms with Crippen LogP contribution in [0.2, 0.25) is 5.02 Å². The normalized spacial score (nSPS) is 9.68. The average Bonchev–Trinajstić information content (AvgIpc) is 2.38. The van der Waals surface area contributed by atoms with Gasteiger partial charge in [0.05, 0.1) is 19.2 Å². The molecule has 0 saturated carbocycles. The van der Waals surface area contributed by atoms with Crippen LogP contribution in [0.4, 0.5) is 0 Å². The first kappa shape index (κ1) is 18.8. The molecule has 0 amide bonds. The molecule has 100 valence electrons. The Kier molecular flexibility index (Phi) is 9.57. The standard InChI is InChI=1S/C13H17ClO3P.Li/c1-16-11-7-6-9(14)13(17-2)12(11)10(15)5-3-4-8-18;/h6-7,18H,3-5,8H2,1-2H3;/q-1;+1. The molecule has 0 fully saturated rings. The second-order valence-corrected chi connectivity index (χ2v) is 4.70. The summed E-state index contributed by atoms with van der Waals surface area (Å²) in [5, 5.41) is 0.418. The minimum Gasteiger partial charge on any atom is -0.558 e. The van der Waals surface area contributed by atoms with Crippen molar-refractivity contribution in [3.8, 4) is 11.5 Å². The van der Waals surface area contributed by atoms with Crippen LogP contribution in [0.1, 0.15) is 29.6 Å². The second-order valence-electron chi connectivity index (χ2n) is 3.79. The van der Waals surface area contributed by atoms with Crippen LogP contribution in [0.15, 0.2) is 12.1 Å². The van der Waals surface area contributed by atoms with E-state index in [1.54, 1.807) is 12.1 Å². The van der Waals surface area contributed by atoms with Crippen LogP contribution in [0, 0.1) is 0 Å². The summed E-state index contributed by atoms with van der Waals surface area (Å²) in [4.78, 5) is 12.2. The summed E-state index contributed by atoms with van der Waals surface area (Å²) in [6, 6.07) is 3.34. The molecular weight excluding hydrogens is 278 g/mol. The number of rotatable bonds is 7. The van der Waals surface area contributed by atoms with E-state index in [1.165, 1.54) is 14.2 Å². The molecule has 6 heteroatoms. The third-order valence-corrected chi connectivity index (χ3v) is 3.26. The van der Waals surface area contributed by atoms with Gasteiger partial charge in [-0.25, -0.2) is 0 Å². The van der Waals surface area contributed by atoms with Crippen LogP contribution in [0.5, 0.6) is 11.5 Å². The van der Waals surface area contributed by atoms with Crippen molar-refractivity contribution in [1.82, 2.24) is 0 Å². The van der Waals surface area contributed by atoms with Crippen molar-refractivity contribution < 1.29 is 33.1 Å². The van der Waals surface area contributed by atoms with Crippen molar-refractivity contribution in [3.05, 3.63) is 22.7 Å². The molecule has 0 spiro atoms. The molecule has 1 aromatic carbocycles. The largest absolute Gasteiger partial charge is 1.00 e. The van der Waals surface area contributed by atoms with Crippen molar-refractivity contribution in [1.29, 1.82) is 0 Å². The Hall–Kier alpha value is -0.193. The van der Waals surface area contributed by atoms with E-state index in [1.807, 2.05) is 0 Å². The van der Waals surface area contributed by atoms with Gasteiger partial charge in [0.2, 0.25) is 0 Å². The van der Waals surface area contributed by atoms with E-state index in [0.717, 1.165) is 19.0 Å². The van der Waals surface area contributed by atoms with E-state index in [-0.39, 0.29) is 24.6 Å². The quantitative estimate of drug-likeness (QED) is 0.324. The molecule has 19 heavy (non-hydrogen) atoms. The summed E-state index contributed by atoms with van der Waals surface area (Å²) < 4.78 is 10.4. The predicted molar refractivity (Wildman–Crippen MR) is 75.9 cm³/mol. The van der Waals surface area contributed by atoms with E-state index in [4.69, 9.17) is 21.1 Å². The van der Waals surface area contributed by atoms with Crippen molar-refractivity contribution in [2.45, 2.75) is 19.3 Å². The predicted octanol–water partition coefficient (Wildman–Crippen LogP) is 0.857. The maximum Gasteiger partial charge on any atom is 1.00 e. The number of ether oxygens (including phenoxy) is 2. The zero-order chi connectivity index (χ0) is 13.5. The zero-order valence-electron chi connectivity index (χ0n) is 11.6. The molecule has 0 unspecified atom stereocenters. The molecular formula is C13H17ClLiO3P. The van der Waals surface area contributed by atoms with Gasteiger partial charge in [-0.15, -0.1) is 0 Å². The fraction of sp³-hybridized carbons (Fsp3) is 0.462. The van der Waals surface area contributed by atoms with Crippen LogP contribution < -0.4 is 28.3 Å². The zero-order valence-corrected chi connectivity index (χ0v) is 13.3. The molecule has 0 saturated heterocycles. The van der Waals surface area contributed by atoms with Gasteiger partial charge in [-0.05, 0) is 18.6 Å². The molecule has 3 nitrogen and oxygen atoms in total. The first-order chi connectivity index (χ1) is 8.65. The topological polar surface area (TPSA) is 35.5 Å². The molecule has 0 atom stereocenters. The minimum absolute atomic E-state index is 0. The van der Waals surface area contributed by atoms with Gasteiger partial charge in [-0.2, -0.15) is 6.16 Å². The summed E-state index contributed by atoms with van der Waals surface area (Å²) in [5.41, 5.74) is 0.432. The van der Waals surface area contributed by atoms with Gasteiger partial charge >= 0.3 is 18.9 Å². The number of carbonyl (C=O) groups is 1. The number of benzene rings is 1. The maximum absolute atomic E-state index is 12.2. The van der Waals surface area contributed by atoms with Crippen LogP contribution in [-0.2, 0) is 0 Å². The number of hydrogen-bond acceptors (Lipinski definition) is 3. The smallest absolute Gasteiger partial charge is 0.558 e. The number of ketones is 1. The Morgan fingerprint density at radius 2 is 1.95 bits per heavy atom. The van der Waals surface area contributed by atoms with Gasteiger partial charge in [-0.1, -0.05) is 18.0 Å². The number of halogens is 1.